The molecule has 0 spiro atoms. The summed E-state index contributed by atoms with van der Waals surface area (Å²) in [4.78, 5) is 6.92. The molecule has 1 heterocycles. The molecule has 1 rings (SSSR count). The summed E-state index contributed by atoms with van der Waals surface area (Å²) in [6.45, 7) is 0. The van der Waals surface area contributed by atoms with Gasteiger partial charge < -0.3 is 17.3 Å². The van der Waals surface area contributed by atoms with Crippen molar-refractivity contribution in [3.05, 3.63) is 5.62 Å². The van der Waals surface area contributed by atoms with E-state index in [1.165, 1.54) is 0 Å². The Balaban J connectivity index is 3.46. The highest BCUT2D eigenvalue weighted by Crippen LogP contribution is 1.88. The van der Waals surface area contributed by atoms with E-state index in [1.54, 1.807) is 0 Å². The van der Waals surface area contributed by atoms with Crippen molar-refractivity contribution in [3.63, 3.8) is 0 Å². The number of anilines is 2. The largest absolute Gasteiger partial charge is 0.368 e. The van der Waals surface area contributed by atoms with Crippen LogP contribution in [0.25, 0.3) is 0 Å². The maximum absolute atomic E-state index is 7.03. The fourth-order valence-corrected chi connectivity index (χ4v) is 0.467. The van der Waals surface area contributed by atoms with Crippen molar-refractivity contribution in [3.8, 4) is 0 Å². The first-order chi connectivity index (χ1) is 4.61. The lowest BCUT2D eigenvalue weighted by Gasteiger charge is -2.00. The zero-order valence-electron chi connectivity index (χ0n) is 5.07. The quantitative estimate of drug-likeness (QED) is 0.300. The van der Waals surface area contributed by atoms with Gasteiger partial charge in [-0.3, -0.25) is 5.41 Å². The van der Waals surface area contributed by atoms with Gasteiger partial charge in [-0.25, -0.2) is 0 Å². The highest BCUT2D eigenvalue weighted by Gasteiger charge is 1.96. The van der Waals surface area contributed by atoms with Gasteiger partial charge in [-0.05, 0) is 0 Å². The maximum Gasteiger partial charge on any atom is 0.247 e. The summed E-state index contributed by atoms with van der Waals surface area (Å²) in [5, 5.41) is 7.03. The lowest BCUT2D eigenvalue weighted by atomic mass is 10.9. The van der Waals surface area contributed by atoms with E-state index in [9.17, 15) is 0 Å². The van der Waals surface area contributed by atoms with Gasteiger partial charge in [0.2, 0.25) is 17.5 Å². The predicted molar refractivity (Wildman–Crippen MR) is 34.9 cm³/mol. The Morgan fingerprint density at radius 2 is 1.90 bits per heavy atom. The van der Waals surface area contributed by atoms with Gasteiger partial charge in [0.25, 0.3) is 0 Å². The standard InChI is InChI=1S/C3H7N7/c4-1-8-2(5)10(7)3(6)9-1/h7H2,(H5,4,5,6,8,9). The van der Waals surface area contributed by atoms with Gasteiger partial charge in [0.05, 0.1) is 0 Å². The molecule has 0 amide bonds. The lowest BCUT2D eigenvalue weighted by Crippen LogP contribution is -2.33. The molecule has 7 N–H and O–H groups in total. The number of nitrogens with two attached hydrogens (primary N) is 3. The molecule has 0 unspecified atom stereocenters. The summed E-state index contributed by atoms with van der Waals surface area (Å²) in [6, 6.07) is 0. The molecule has 54 valence electrons. The van der Waals surface area contributed by atoms with Crippen molar-refractivity contribution < 1.29 is 0 Å². The summed E-state index contributed by atoms with van der Waals surface area (Å²) in [5.74, 6) is 5.09. The molecule has 0 aliphatic carbocycles. The van der Waals surface area contributed by atoms with Crippen LogP contribution in [0, 0.1) is 5.41 Å². The number of hydrogen-bond donors (Lipinski definition) is 4. The van der Waals surface area contributed by atoms with Crippen molar-refractivity contribution in [2.45, 2.75) is 0 Å². The third-order valence-electron chi connectivity index (χ3n) is 0.925. The molecule has 0 aromatic carbocycles. The molecular formula is C3H7N7. The number of aromatic nitrogens is 3. The van der Waals surface area contributed by atoms with Crippen molar-refractivity contribution >= 4 is 11.9 Å². The second kappa shape index (κ2) is 1.87. The normalized spacial score (nSPS) is 9.60. The first-order valence-electron chi connectivity index (χ1n) is 2.43. The number of nitrogens with zero attached hydrogens (tertiary/aromatic N) is 3. The van der Waals surface area contributed by atoms with Crippen molar-refractivity contribution in [1.29, 1.82) is 5.41 Å². The molecule has 0 saturated carbocycles. The monoisotopic (exact) mass is 141 g/mol. The van der Waals surface area contributed by atoms with Gasteiger partial charge in [0.15, 0.2) is 0 Å². The van der Waals surface area contributed by atoms with Gasteiger partial charge in [-0.15, -0.1) is 0 Å². The number of nitrogen functional groups attached to an aromatic ring is 3. The van der Waals surface area contributed by atoms with Crippen LogP contribution in [0.3, 0.4) is 0 Å². The molecule has 0 bridgehead atoms. The van der Waals surface area contributed by atoms with Gasteiger partial charge in [-0.1, -0.05) is 0 Å². The van der Waals surface area contributed by atoms with Crippen molar-refractivity contribution in [2.75, 3.05) is 17.3 Å². The van der Waals surface area contributed by atoms with Gasteiger partial charge in [0, 0.05) is 0 Å². The molecule has 7 heteroatoms. The minimum absolute atomic E-state index is 0.0301. The Bertz CT molecular complexity index is 298. The topological polar surface area (TPSA) is 133 Å². The van der Waals surface area contributed by atoms with E-state index < -0.39 is 0 Å². The van der Waals surface area contributed by atoms with Crippen LogP contribution in [0.5, 0.6) is 0 Å². The fourth-order valence-electron chi connectivity index (χ4n) is 0.467. The summed E-state index contributed by atoms with van der Waals surface area (Å²) in [7, 11) is 0. The van der Waals surface area contributed by atoms with Crippen LogP contribution in [0.15, 0.2) is 0 Å². The van der Waals surface area contributed by atoms with Crippen LogP contribution in [0.2, 0.25) is 0 Å². The van der Waals surface area contributed by atoms with Gasteiger partial charge in [-0.2, -0.15) is 14.6 Å². The Labute approximate surface area is 56.0 Å². The van der Waals surface area contributed by atoms with E-state index in [1.807, 2.05) is 0 Å². The van der Waals surface area contributed by atoms with Crippen LogP contribution in [0.4, 0.5) is 11.9 Å². The van der Waals surface area contributed by atoms with E-state index in [0.29, 0.717) is 0 Å². The highest BCUT2D eigenvalue weighted by molar-refractivity contribution is 5.24. The van der Waals surface area contributed by atoms with E-state index in [2.05, 4.69) is 9.97 Å². The Morgan fingerprint density at radius 1 is 1.30 bits per heavy atom. The van der Waals surface area contributed by atoms with E-state index in [0.717, 1.165) is 4.68 Å². The maximum atomic E-state index is 7.03. The molecule has 10 heavy (non-hydrogen) atoms. The molecule has 1 aromatic heterocycles. The van der Waals surface area contributed by atoms with Crippen molar-refractivity contribution in [2.24, 2.45) is 0 Å². The van der Waals surface area contributed by atoms with Crippen LogP contribution in [-0.2, 0) is 0 Å². The average molecular weight is 141 g/mol. The first-order valence-corrected chi connectivity index (χ1v) is 2.43. The zero-order chi connectivity index (χ0) is 7.72. The SMILES string of the molecule is N=c1nc(N)nc(N)n1N. The molecular weight excluding hydrogens is 134 g/mol. The molecule has 0 saturated heterocycles. The van der Waals surface area contributed by atoms with Crippen molar-refractivity contribution in [1.82, 2.24) is 14.6 Å². The van der Waals surface area contributed by atoms with E-state index in [-0.39, 0.29) is 17.5 Å². The van der Waals surface area contributed by atoms with E-state index in [4.69, 9.17) is 22.7 Å². The second-order valence-corrected chi connectivity index (χ2v) is 1.63. The fraction of sp³-hybridized carbons (Fsp3) is 0. The summed E-state index contributed by atoms with van der Waals surface area (Å²) >= 11 is 0. The smallest absolute Gasteiger partial charge is 0.247 e. The molecule has 0 radical (unpaired) electrons. The number of nitrogens with one attached hydrogen (secondary N) is 1. The van der Waals surface area contributed by atoms with Crippen LogP contribution >= 0.6 is 0 Å². The average Bonchev–Trinajstić information content (AvgIpc) is 1.82. The second-order valence-electron chi connectivity index (χ2n) is 1.63. The van der Waals surface area contributed by atoms with E-state index >= 15 is 0 Å². The third kappa shape index (κ3) is 0.835. The zero-order valence-corrected chi connectivity index (χ0v) is 5.07. The predicted octanol–water partition coefficient (Wildman–Crippen LogP) is -2.36. The van der Waals surface area contributed by atoms with Gasteiger partial charge in [0.1, 0.15) is 0 Å². The Morgan fingerprint density at radius 3 is 2.40 bits per heavy atom. The van der Waals surface area contributed by atoms with Crippen LogP contribution in [-0.4, -0.2) is 14.6 Å². The molecule has 0 aliphatic rings. The number of hydrogen-bond acceptors (Lipinski definition) is 6. The van der Waals surface area contributed by atoms with Gasteiger partial charge >= 0.3 is 0 Å². The molecule has 7 nitrogen and oxygen atoms in total. The molecule has 1 aromatic rings. The first kappa shape index (κ1) is 6.33. The van der Waals surface area contributed by atoms with Crippen LogP contribution < -0.4 is 22.9 Å². The summed E-state index contributed by atoms with van der Waals surface area (Å²) in [5.41, 5.74) is 10.1. The molecule has 0 atom stereocenters. The Kier molecular flexibility index (Phi) is 1.18. The minimum Gasteiger partial charge on any atom is -0.368 e. The molecule has 0 aliphatic heterocycles. The van der Waals surface area contributed by atoms with Crippen LogP contribution in [0.1, 0.15) is 0 Å². The summed E-state index contributed by atoms with van der Waals surface area (Å²) < 4.78 is 0.830. The number of rotatable bonds is 0. The molecule has 0 fully saturated rings. The third-order valence-corrected chi connectivity index (χ3v) is 0.925. The highest BCUT2D eigenvalue weighted by atomic mass is 15.4. The lowest BCUT2D eigenvalue weighted by molar-refractivity contribution is 0.796. The summed E-state index contributed by atoms with van der Waals surface area (Å²) in [6.07, 6.45) is 0. The Hall–Kier alpha value is -1.79. The minimum atomic E-state index is -0.218.